The van der Waals surface area contributed by atoms with Crippen molar-refractivity contribution >= 4 is 0 Å². The predicted octanol–water partition coefficient (Wildman–Crippen LogP) is 3.10. The lowest BCUT2D eigenvalue weighted by atomic mass is 10.1. The zero-order chi connectivity index (χ0) is 14.1. The Morgan fingerprint density at radius 1 is 1.00 bits per heavy atom. The molecule has 1 heterocycles. The van der Waals surface area contributed by atoms with Crippen LogP contribution in [0.4, 0.5) is 0 Å². The molecule has 1 N–H and O–H groups in total. The van der Waals surface area contributed by atoms with E-state index in [4.69, 9.17) is 9.47 Å². The number of benzene rings is 2. The lowest BCUT2D eigenvalue weighted by Crippen LogP contribution is -2.39. The summed E-state index contributed by atoms with van der Waals surface area (Å²) in [4.78, 5) is 0. The van der Waals surface area contributed by atoms with Gasteiger partial charge in [0, 0.05) is 12.6 Å². The van der Waals surface area contributed by atoms with Gasteiger partial charge in [0.15, 0.2) is 11.5 Å². The Balaban J connectivity index is 1.39. The molecular formula is C18H19NO2. The Bertz CT molecular complexity index is 641. The number of hydrogen-bond acceptors (Lipinski definition) is 3. The second kappa shape index (κ2) is 5.41. The molecule has 2 aliphatic rings. The van der Waals surface area contributed by atoms with Crippen molar-refractivity contribution in [2.45, 2.75) is 25.0 Å². The third kappa shape index (κ3) is 2.49. The first-order valence-electron chi connectivity index (χ1n) is 7.60. The second-order valence-corrected chi connectivity index (χ2v) is 5.70. The van der Waals surface area contributed by atoms with Gasteiger partial charge in [-0.3, -0.25) is 0 Å². The molecular weight excluding hydrogens is 262 g/mol. The highest BCUT2D eigenvalue weighted by atomic mass is 16.6. The van der Waals surface area contributed by atoms with Crippen molar-refractivity contribution in [3.63, 3.8) is 0 Å². The largest absolute Gasteiger partial charge is 0.486 e. The fourth-order valence-electron chi connectivity index (χ4n) is 3.21. The van der Waals surface area contributed by atoms with Crippen LogP contribution in [0.1, 0.15) is 23.6 Å². The molecule has 3 nitrogen and oxygen atoms in total. The van der Waals surface area contributed by atoms with Gasteiger partial charge in [-0.05, 0) is 36.1 Å². The maximum atomic E-state index is 5.99. The Kier molecular flexibility index (Phi) is 3.28. The number of para-hydroxylation sites is 2. The van der Waals surface area contributed by atoms with Crippen LogP contribution >= 0.6 is 0 Å². The summed E-state index contributed by atoms with van der Waals surface area (Å²) in [5.41, 5.74) is 2.91. The van der Waals surface area contributed by atoms with Gasteiger partial charge in [0.1, 0.15) is 12.7 Å². The Morgan fingerprint density at radius 3 is 2.76 bits per heavy atom. The van der Waals surface area contributed by atoms with Gasteiger partial charge < -0.3 is 14.8 Å². The molecule has 2 atom stereocenters. The fourth-order valence-corrected chi connectivity index (χ4v) is 3.21. The van der Waals surface area contributed by atoms with E-state index in [-0.39, 0.29) is 6.10 Å². The highest BCUT2D eigenvalue weighted by molar-refractivity contribution is 5.40. The molecule has 0 aromatic heterocycles. The fraction of sp³-hybridized carbons (Fsp3) is 0.333. The molecule has 0 saturated heterocycles. The number of aryl methyl sites for hydroxylation is 1. The van der Waals surface area contributed by atoms with Crippen molar-refractivity contribution in [2.24, 2.45) is 0 Å². The summed E-state index contributed by atoms with van der Waals surface area (Å²) in [5.74, 6) is 1.70. The van der Waals surface area contributed by atoms with Crippen LogP contribution in [0.25, 0.3) is 0 Å². The first-order chi connectivity index (χ1) is 10.4. The van der Waals surface area contributed by atoms with Crippen LogP contribution in [-0.4, -0.2) is 19.3 Å². The third-order valence-electron chi connectivity index (χ3n) is 4.29. The standard InChI is InChI=1S/C18H19NO2/c1-2-6-15-13(5-1)9-10-16(15)19-11-14-12-20-17-7-3-4-8-18(17)21-14/h1-8,14,16,19H,9-12H2. The van der Waals surface area contributed by atoms with E-state index in [0.717, 1.165) is 18.0 Å². The zero-order valence-corrected chi connectivity index (χ0v) is 11.9. The second-order valence-electron chi connectivity index (χ2n) is 5.70. The summed E-state index contributed by atoms with van der Waals surface area (Å²) < 4.78 is 11.7. The number of rotatable bonds is 3. The van der Waals surface area contributed by atoms with Crippen molar-refractivity contribution in [1.29, 1.82) is 0 Å². The van der Waals surface area contributed by atoms with Gasteiger partial charge in [-0.15, -0.1) is 0 Å². The Labute approximate surface area is 124 Å². The van der Waals surface area contributed by atoms with Crippen molar-refractivity contribution in [1.82, 2.24) is 5.32 Å². The summed E-state index contributed by atoms with van der Waals surface area (Å²) in [6.45, 7) is 1.42. The highest BCUT2D eigenvalue weighted by Gasteiger charge is 2.25. The minimum Gasteiger partial charge on any atom is -0.486 e. The van der Waals surface area contributed by atoms with Gasteiger partial charge in [0.25, 0.3) is 0 Å². The maximum Gasteiger partial charge on any atom is 0.161 e. The maximum absolute atomic E-state index is 5.99. The molecule has 21 heavy (non-hydrogen) atoms. The van der Waals surface area contributed by atoms with E-state index in [2.05, 4.69) is 29.6 Å². The predicted molar refractivity (Wildman–Crippen MR) is 81.9 cm³/mol. The number of hydrogen-bond donors (Lipinski definition) is 1. The molecule has 0 amide bonds. The van der Waals surface area contributed by atoms with E-state index in [1.54, 1.807) is 0 Å². The van der Waals surface area contributed by atoms with Crippen molar-refractivity contribution in [3.8, 4) is 11.5 Å². The van der Waals surface area contributed by atoms with Crippen molar-refractivity contribution < 1.29 is 9.47 Å². The summed E-state index contributed by atoms with van der Waals surface area (Å²) in [7, 11) is 0. The van der Waals surface area contributed by atoms with Crippen LogP contribution in [0.15, 0.2) is 48.5 Å². The molecule has 0 radical (unpaired) electrons. The lowest BCUT2D eigenvalue weighted by molar-refractivity contribution is 0.0881. The first-order valence-corrected chi connectivity index (χ1v) is 7.60. The molecule has 2 unspecified atom stereocenters. The smallest absolute Gasteiger partial charge is 0.161 e. The van der Waals surface area contributed by atoms with E-state index in [9.17, 15) is 0 Å². The van der Waals surface area contributed by atoms with Crippen molar-refractivity contribution in [3.05, 3.63) is 59.7 Å². The SMILES string of the molecule is c1ccc2c(c1)CCC2NCC1COc2ccccc2O1. The van der Waals surface area contributed by atoms with Gasteiger partial charge in [-0.1, -0.05) is 36.4 Å². The zero-order valence-electron chi connectivity index (χ0n) is 11.9. The molecule has 4 rings (SSSR count). The van der Waals surface area contributed by atoms with E-state index in [1.807, 2.05) is 24.3 Å². The van der Waals surface area contributed by atoms with E-state index >= 15 is 0 Å². The van der Waals surface area contributed by atoms with Gasteiger partial charge in [-0.2, -0.15) is 0 Å². The van der Waals surface area contributed by atoms with Crippen LogP contribution in [0.2, 0.25) is 0 Å². The average Bonchev–Trinajstić information content (AvgIpc) is 2.96. The Hall–Kier alpha value is -2.00. The van der Waals surface area contributed by atoms with Gasteiger partial charge in [-0.25, -0.2) is 0 Å². The van der Waals surface area contributed by atoms with Gasteiger partial charge in [0.2, 0.25) is 0 Å². The number of nitrogens with one attached hydrogen (secondary N) is 1. The number of fused-ring (bicyclic) bond motifs is 2. The minimum atomic E-state index is 0.0765. The summed E-state index contributed by atoms with van der Waals surface area (Å²) >= 11 is 0. The topological polar surface area (TPSA) is 30.5 Å². The van der Waals surface area contributed by atoms with Gasteiger partial charge in [0.05, 0.1) is 0 Å². The van der Waals surface area contributed by atoms with Crippen LogP contribution < -0.4 is 14.8 Å². The normalized spacial score (nSPS) is 22.9. The summed E-state index contributed by atoms with van der Waals surface area (Å²) in [6, 6.07) is 17.0. The minimum absolute atomic E-state index is 0.0765. The molecule has 0 saturated carbocycles. The molecule has 2 aromatic carbocycles. The third-order valence-corrected chi connectivity index (χ3v) is 4.29. The average molecular weight is 281 g/mol. The van der Waals surface area contributed by atoms with Gasteiger partial charge >= 0.3 is 0 Å². The van der Waals surface area contributed by atoms with Crippen LogP contribution in [0.5, 0.6) is 11.5 Å². The summed E-state index contributed by atoms with van der Waals surface area (Å²) in [5, 5.41) is 3.63. The molecule has 2 aromatic rings. The molecule has 0 spiro atoms. The van der Waals surface area contributed by atoms with Crippen LogP contribution in [-0.2, 0) is 6.42 Å². The molecule has 0 bridgehead atoms. The molecule has 3 heteroatoms. The monoisotopic (exact) mass is 281 g/mol. The molecule has 1 aliphatic carbocycles. The first kappa shape index (κ1) is 12.7. The van der Waals surface area contributed by atoms with Crippen LogP contribution in [0.3, 0.4) is 0 Å². The van der Waals surface area contributed by atoms with E-state index in [0.29, 0.717) is 12.6 Å². The van der Waals surface area contributed by atoms with Crippen molar-refractivity contribution in [2.75, 3.05) is 13.2 Å². The molecule has 1 aliphatic heterocycles. The van der Waals surface area contributed by atoms with E-state index < -0.39 is 0 Å². The quantitative estimate of drug-likeness (QED) is 0.937. The molecule has 0 fully saturated rings. The number of ether oxygens (including phenoxy) is 2. The lowest BCUT2D eigenvalue weighted by Gasteiger charge is -2.27. The molecule has 108 valence electrons. The Morgan fingerprint density at radius 2 is 1.81 bits per heavy atom. The van der Waals surface area contributed by atoms with Crippen LogP contribution in [0, 0.1) is 0 Å². The van der Waals surface area contributed by atoms with E-state index in [1.165, 1.54) is 24.0 Å². The highest BCUT2D eigenvalue weighted by Crippen LogP contribution is 2.32. The summed E-state index contributed by atoms with van der Waals surface area (Å²) in [6.07, 6.45) is 2.41.